The Morgan fingerprint density at radius 1 is 1.18 bits per heavy atom. The SMILES string of the molecule is CC(=O)c1cn(CC(=O)N2C[C@H](F)C[C@H]2C(=O)NCc2cccc(Cl)c2F)c2cc(S(=O)(=O)CC(N)=O)ccc12. The van der Waals surface area contributed by atoms with Gasteiger partial charge in [-0.05, 0) is 25.1 Å². The molecule has 3 aromatic rings. The van der Waals surface area contributed by atoms with Crippen LogP contribution in [-0.4, -0.2) is 65.9 Å². The molecule has 3 N–H and O–H groups in total. The number of sulfone groups is 1. The Balaban J connectivity index is 1.59. The van der Waals surface area contributed by atoms with E-state index in [4.69, 9.17) is 17.3 Å². The maximum Gasteiger partial charge on any atom is 0.243 e. The number of nitrogens with two attached hydrogens (primary N) is 1. The Morgan fingerprint density at radius 3 is 2.58 bits per heavy atom. The summed E-state index contributed by atoms with van der Waals surface area (Å²) in [7, 11) is -4.09. The topological polar surface area (TPSA) is 149 Å². The predicted molar refractivity (Wildman–Crippen MR) is 141 cm³/mol. The maximum absolute atomic E-state index is 14.4. The fraction of sp³-hybridized carbons (Fsp3) is 0.308. The number of nitrogens with one attached hydrogen (secondary N) is 1. The van der Waals surface area contributed by atoms with Crippen molar-refractivity contribution in [2.75, 3.05) is 12.3 Å². The van der Waals surface area contributed by atoms with Gasteiger partial charge in [0.05, 0.1) is 22.0 Å². The second-order valence-corrected chi connectivity index (χ2v) is 11.9. The van der Waals surface area contributed by atoms with E-state index < -0.39 is 57.9 Å². The number of nitrogens with zero attached hydrogens (tertiary/aromatic N) is 2. The number of carbonyl (C=O) groups excluding carboxylic acids is 4. The third kappa shape index (κ3) is 5.99. The summed E-state index contributed by atoms with van der Waals surface area (Å²) in [5.41, 5.74) is 5.58. The average Bonchev–Trinajstić information content (AvgIpc) is 3.44. The van der Waals surface area contributed by atoms with Gasteiger partial charge in [-0.25, -0.2) is 17.2 Å². The summed E-state index contributed by atoms with van der Waals surface area (Å²) < 4.78 is 55.1. The highest BCUT2D eigenvalue weighted by Gasteiger charge is 2.40. The number of hydrogen-bond acceptors (Lipinski definition) is 6. The van der Waals surface area contributed by atoms with Gasteiger partial charge in [-0.2, -0.15) is 0 Å². The van der Waals surface area contributed by atoms with Crippen molar-refractivity contribution in [2.24, 2.45) is 5.73 Å². The van der Waals surface area contributed by atoms with Gasteiger partial charge >= 0.3 is 0 Å². The van der Waals surface area contributed by atoms with E-state index in [9.17, 15) is 36.4 Å². The monoisotopic (exact) mass is 594 g/mol. The summed E-state index contributed by atoms with van der Waals surface area (Å²) >= 11 is 5.77. The highest BCUT2D eigenvalue weighted by Crippen LogP contribution is 2.27. The maximum atomic E-state index is 14.4. The van der Waals surface area contributed by atoms with E-state index in [1.807, 2.05) is 0 Å². The van der Waals surface area contributed by atoms with Gasteiger partial charge in [0.15, 0.2) is 15.6 Å². The number of aromatic nitrogens is 1. The Labute approximate surface area is 233 Å². The fourth-order valence-electron chi connectivity index (χ4n) is 4.68. The van der Waals surface area contributed by atoms with Gasteiger partial charge in [-0.15, -0.1) is 0 Å². The molecule has 14 heteroatoms. The lowest BCUT2D eigenvalue weighted by Gasteiger charge is -2.24. The molecule has 0 spiro atoms. The second kappa shape index (κ2) is 11.3. The molecule has 3 amide bonds. The minimum Gasteiger partial charge on any atom is -0.369 e. The van der Waals surface area contributed by atoms with Crippen molar-refractivity contribution < 1.29 is 36.4 Å². The van der Waals surface area contributed by atoms with Crippen molar-refractivity contribution in [3.63, 3.8) is 0 Å². The largest absolute Gasteiger partial charge is 0.369 e. The summed E-state index contributed by atoms with van der Waals surface area (Å²) in [6, 6.07) is 6.96. The van der Waals surface area contributed by atoms with Crippen LogP contribution in [0.1, 0.15) is 29.3 Å². The van der Waals surface area contributed by atoms with Gasteiger partial charge in [-0.3, -0.25) is 19.2 Å². The number of halogens is 3. The van der Waals surface area contributed by atoms with Gasteiger partial charge in [0.25, 0.3) is 0 Å². The first-order valence-corrected chi connectivity index (χ1v) is 14.1. The van der Waals surface area contributed by atoms with Crippen molar-refractivity contribution in [2.45, 2.75) is 43.5 Å². The number of primary amides is 1. The van der Waals surface area contributed by atoms with E-state index in [2.05, 4.69) is 5.32 Å². The first kappa shape index (κ1) is 29.2. The third-order valence-corrected chi connectivity index (χ3v) is 8.52. The number of benzene rings is 2. The lowest BCUT2D eigenvalue weighted by atomic mass is 10.1. The minimum atomic E-state index is -4.09. The number of likely N-dealkylation sites (tertiary alicyclic amines) is 1. The minimum absolute atomic E-state index is 0.117. The average molecular weight is 595 g/mol. The number of amides is 3. The molecular formula is C26H25ClF2N4O6S. The first-order chi connectivity index (χ1) is 18.8. The summed E-state index contributed by atoms with van der Waals surface area (Å²) in [5, 5.41) is 2.75. The molecule has 2 heterocycles. The Morgan fingerprint density at radius 2 is 1.90 bits per heavy atom. The molecule has 1 aliphatic rings. The van der Waals surface area contributed by atoms with Crippen molar-refractivity contribution >= 4 is 55.8 Å². The third-order valence-electron chi connectivity index (χ3n) is 6.59. The van der Waals surface area contributed by atoms with Crippen molar-refractivity contribution in [3.8, 4) is 0 Å². The molecule has 1 aromatic heterocycles. The number of fused-ring (bicyclic) bond motifs is 1. The van der Waals surface area contributed by atoms with E-state index in [0.29, 0.717) is 5.39 Å². The smallest absolute Gasteiger partial charge is 0.243 e. The van der Waals surface area contributed by atoms with Crippen LogP contribution in [0.5, 0.6) is 0 Å². The lowest BCUT2D eigenvalue weighted by molar-refractivity contribution is -0.139. The lowest BCUT2D eigenvalue weighted by Crippen LogP contribution is -2.46. The number of rotatable bonds is 9. The van der Waals surface area contributed by atoms with Gasteiger partial charge in [0, 0.05) is 35.7 Å². The molecule has 1 aliphatic heterocycles. The van der Waals surface area contributed by atoms with E-state index in [1.165, 1.54) is 54.1 Å². The quantitative estimate of drug-likeness (QED) is 0.363. The van der Waals surface area contributed by atoms with Gasteiger partial charge in [0.1, 0.15) is 30.3 Å². The first-order valence-electron chi connectivity index (χ1n) is 12.1. The van der Waals surface area contributed by atoms with Crippen LogP contribution in [0.4, 0.5) is 8.78 Å². The summed E-state index contributed by atoms with van der Waals surface area (Å²) in [4.78, 5) is 50.5. The highest BCUT2D eigenvalue weighted by atomic mass is 35.5. The zero-order valence-electron chi connectivity index (χ0n) is 21.2. The Hall–Kier alpha value is -3.84. The van der Waals surface area contributed by atoms with E-state index in [0.717, 1.165) is 4.90 Å². The Bertz CT molecular complexity index is 1640. The zero-order valence-corrected chi connectivity index (χ0v) is 22.8. The van der Waals surface area contributed by atoms with Gasteiger partial charge < -0.3 is 20.5 Å². The summed E-state index contributed by atoms with van der Waals surface area (Å²) in [5.74, 6) is -4.38. The molecule has 1 saturated heterocycles. The van der Waals surface area contributed by atoms with Gasteiger partial charge in [-0.1, -0.05) is 29.8 Å². The molecule has 4 rings (SSSR count). The van der Waals surface area contributed by atoms with Crippen molar-refractivity contribution in [3.05, 3.63) is 64.6 Å². The van der Waals surface area contributed by atoms with Crippen LogP contribution in [0.2, 0.25) is 5.02 Å². The molecule has 0 saturated carbocycles. The molecular weight excluding hydrogens is 570 g/mol. The van der Waals surface area contributed by atoms with E-state index >= 15 is 0 Å². The number of carbonyl (C=O) groups is 4. The van der Waals surface area contributed by atoms with E-state index in [1.54, 1.807) is 0 Å². The molecule has 0 unspecified atom stereocenters. The zero-order chi connectivity index (χ0) is 29.4. The van der Waals surface area contributed by atoms with Crippen LogP contribution >= 0.6 is 11.6 Å². The molecule has 0 aliphatic carbocycles. The number of hydrogen-bond donors (Lipinski definition) is 2. The standard InChI is InChI=1S/C26H25ClF2N4O6S/c1-14(34)19-11-32(21-8-17(5-6-18(19)21)40(38,39)13-23(30)35)12-24(36)33-10-16(28)7-22(33)26(37)31-9-15-3-2-4-20(27)25(15)29/h2-6,8,11,16,22H,7,9-10,12-13H2,1H3,(H2,30,35)(H,31,37)/t16-,22+/m1/s1. The molecule has 1 fully saturated rings. The molecule has 0 bridgehead atoms. The van der Waals surface area contributed by atoms with Crippen LogP contribution in [0.15, 0.2) is 47.5 Å². The van der Waals surface area contributed by atoms with Crippen molar-refractivity contribution in [1.29, 1.82) is 0 Å². The molecule has 2 atom stereocenters. The van der Waals surface area contributed by atoms with Crippen LogP contribution in [0.25, 0.3) is 10.9 Å². The molecule has 40 heavy (non-hydrogen) atoms. The normalized spacial score (nSPS) is 17.2. The molecule has 212 valence electrons. The molecule has 10 nitrogen and oxygen atoms in total. The fourth-order valence-corrected chi connectivity index (χ4v) is 5.98. The number of alkyl halides is 1. The Kier molecular flexibility index (Phi) is 8.26. The van der Waals surface area contributed by atoms with Crippen LogP contribution in [-0.2, 0) is 37.3 Å². The van der Waals surface area contributed by atoms with Crippen LogP contribution in [0.3, 0.4) is 0 Å². The van der Waals surface area contributed by atoms with Crippen molar-refractivity contribution in [1.82, 2.24) is 14.8 Å². The molecule has 2 aromatic carbocycles. The second-order valence-electron chi connectivity index (χ2n) is 9.46. The predicted octanol–water partition coefficient (Wildman–Crippen LogP) is 2.15. The summed E-state index contributed by atoms with van der Waals surface area (Å²) in [6.45, 7) is 0.269. The summed E-state index contributed by atoms with van der Waals surface area (Å²) in [6.07, 6.45) is -0.381. The van der Waals surface area contributed by atoms with Gasteiger partial charge in [0.2, 0.25) is 17.7 Å². The number of Topliss-reactive ketones (excluding diaryl/α,β-unsaturated/α-hetero) is 1. The van der Waals surface area contributed by atoms with Crippen LogP contribution in [0, 0.1) is 5.82 Å². The number of ketones is 1. The highest BCUT2D eigenvalue weighted by molar-refractivity contribution is 7.92. The molecule has 0 radical (unpaired) electrons. The van der Waals surface area contributed by atoms with Crippen LogP contribution < -0.4 is 11.1 Å². The van der Waals surface area contributed by atoms with E-state index in [-0.39, 0.29) is 51.9 Å².